The molecule has 2 aromatic rings. The van der Waals surface area contributed by atoms with E-state index in [0.717, 1.165) is 6.07 Å². The van der Waals surface area contributed by atoms with Gasteiger partial charge in [-0.15, -0.1) is 0 Å². The molecule has 0 bridgehead atoms. The highest BCUT2D eigenvalue weighted by atomic mass is 79.9. The first-order valence-corrected chi connectivity index (χ1v) is 6.85. The highest BCUT2D eigenvalue weighted by Crippen LogP contribution is 2.25. The van der Waals surface area contributed by atoms with Crippen molar-refractivity contribution in [3.05, 3.63) is 62.8 Å². The maximum atomic E-state index is 13.7. The normalized spacial score (nSPS) is 10.2. The van der Waals surface area contributed by atoms with Gasteiger partial charge in [-0.25, -0.2) is 9.18 Å². The van der Waals surface area contributed by atoms with E-state index in [1.807, 2.05) is 0 Å². The number of carboxylic acid groups (broad SMARTS) is 1. The van der Waals surface area contributed by atoms with Gasteiger partial charge >= 0.3 is 5.97 Å². The summed E-state index contributed by atoms with van der Waals surface area (Å²) in [5.74, 6) is -2.77. The van der Waals surface area contributed by atoms with Gasteiger partial charge in [-0.2, -0.15) is 0 Å². The summed E-state index contributed by atoms with van der Waals surface area (Å²) in [5, 5.41) is 11.4. The van der Waals surface area contributed by atoms with E-state index in [0.29, 0.717) is 4.47 Å². The summed E-state index contributed by atoms with van der Waals surface area (Å²) in [6.45, 7) is 0. The monoisotopic (exact) mass is 371 g/mol. The molecule has 2 aromatic carbocycles. The van der Waals surface area contributed by atoms with Crippen LogP contribution in [0.1, 0.15) is 20.7 Å². The molecule has 0 aliphatic carbocycles. The number of rotatable bonds is 3. The maximum Gasteiger partial charge on any atom is 0.339 e. The molecule has 7 heteroatoms. The highest BCUT2D eigenvalue weighted by molar-refractivity contribution is 9.10. The largest absolute Gasteiger partial charge is 0.478 e. The minimum absolute atomic E-state index is 0.00215. The van der Waals surface area contributed by atoms with Crippen molar-refractivity contribution in [2.24, 2.45) is 0 Å². The van der Waals surface area contributed by atoms with Crippen LogP contribution < -0.4 is 5.32 Å². The fourth-order valence-electron chi connectivity index (χ4n) is 1.71. The lowest BCUT2D eigenvalue weighted by Crippen LogP contribution is -2.16. The lowest BCUT2D eigenvalue weighted by molar-refractivity contribution is 0.0698. The van der Waals surface area contributed by atoms with Crippen molar-refractivity contribution in [2.75, 3.05) is 5.32 Å². The number of halogens is 3. The standard InChI is InChI=1S/C14H8BrClFNO3/c15-7-4-5-8(10(17)6-7)13(19)18-11-3-1-2-9(16)12(11)14(20)21/h1-6H,(H,18,19)(H,20,21). The molecule has 0 saturated heterocycles. The molecule has 0 aliphatic rings. The number of carbonyl (C=O) groups excluding carboxylic acids is 1. The predicted molar refractivity (Wildman–Crippen MR) is 80.5 cm³/mol. The van der Waals surface area contributed by atoms with Crippen LogP contribution in [0.25, 0.3) is 0 Å². The Balaban J connectivity index is 2.36. The molecule has 0 aliphatic heterocycles. The average molecular weight is 373 g/mol. The molecule has 108 valence electrons. The van der Waals surface area contributed by atoms with Crippen LogP contribution in [-0.2, 0) is 0 Å². The van der Waals surface area contributed by atoms with Gasteiger partial charge in [0.15, 0.2) is 0 Å². The summed E-state index contributed by atoms with van der Waals surface area (Å²) >= 11 is 8.88. The van der Waals surface area contributed by atoms with Gasteiger partial charge in [-0.1, -0.05) is 33.6 Å². The summed E-state index contributed by atoms with van der Waals surface area (Å²) in [5.41, 5.74) is -0.443. The molecule has 0 heterocycles. The van der Waals surface area contributed by atoms with E-state index in [2.05, 4.69) is 21.2 Å². The third-order valence-electron chi connectivity index (χ3n) is 2.65. The van der Waals surface area contributed by atoms with E-state index in [1.165, 1.54) is 30.3 Å². The van der Waals surface area contributed by atoms with Gasteiger partial charge in [0.2, 0.25) is 0 Å². The zero-order valence-corrected chi connectivity index (χ0v) is 12.7. The van der Waals surface area contributed by atoms with Crippen molar-refractivity contribution in [1.82, 2.24) is 0 Å². The molecule has 2 rings (SSSR count). The fraction of sp³-hybridized carbons (Fsp3) is 0. The van der Waals surface area contributed by atoms with Crippen molar-refractivity contribution < 1.29 is 19.1 Å². The summed E-state index contributed by atoms with van der Waals surface area (Å²) in [6.07, 6.45) is 0. The van der Waals surface area contributed by atoms with Crippen LogP contribution in [0.3, 0.4) is 0 Å². The second-order valence-electron chi connectivity index (χ2n) is 4.05. The zero-order valence-electron chi connectivity index (χ0n) is 10.4. The third kappa shape index (κ3) is 3.40. The molecule has 0 unspecified atom stereocenters. The highest BCUT2D eigenvalue weighted by Gasteiger charge is 2.18. The first-order chi connectivity index (χ1) is 9.90. The summed E-state index contributed by atoms with van der Waals surface area (Å²) in [6, 6.07) is 8.20. The Morgan fingerprint density at radius 2 is 1.95 bits per heavy atom. The SMILES string of the molecule is O=C(Nc1cccc(Cl)c1C(=O)O)c1ccc(Br)cc1F. The van der Waals surface area contributed by atoms with E-state index < -0.39 is 17.7 Å². The van der Waals surface area contributed by atoms with Gasteiger partial charge in [0, 0.05) is 4.47 Å². The number of nitrogens with one attached hydrogen (secondary N) is 1. The second kappa shape index (κ2) is 6.24. The lowest BCUT2D eigenvalue weighted by Gasteiger charge is -2.10. The van der Waals surface area contributed by atoms with Gasteiger partial charge in [0.05, 0.1) is 16.3 Å². The van der Waals surface area contributed by atoms with Crippen LogP contribution >= 0.6 is 27.5 Å². The van der Waals surface area contributed by atoms with E-state index in [-0.39, 0.29) is 21.8 Å². The Kier molecular flexibility index (Phi) is 4.59. The second-order valence-corrected chi connectivity index (χ2v) is 5.37. The minimum Gasteiger partial charge on any atom is -0.478 e. The zero-order chi connectivity index (χ0) is 15.6. The van der Waals surface area contributed by atoms with E-state index >= 15 is 0 Å². The maximum absolute atomic E-state index is 13.7. The number of carbonyl (C=O) groups is 2. The first kappa shape index (κ1) is 15.5. The Morgan fingerprint density at radius 1 is 1.24 bits per heavy atom. The fourth-order valence-corrected chi connectivity index (χ4v) is 2.30. The average Bonchev–Trinajstić information content (AvgIpc) is 2.37. The number of hydrogen-bond acceptors (Lipinski definition) is 2. The molecule has 1 amide bonds. The minimum atomic E-state index is -1.29. The predicted octanol–water partition coefficient (Wildman–Crippen LogP) is 4.19. The molecule has 21 heavy (non-hydrogen) atoms. The van der Waals surface area contributed by atoms with Crippen LogP contribution in [0.15, 0.2) is 40.9 Å². The van der Waals surface area contributed by atoms with Gasteiger partial charge < -0.3 is 10.4 Å². The molecular weight excluding hydrogens is 365 g/mol. The van der Waals surface area contributed by atoms with Crippen LogP contribution in [0.5, 0.6) is 0 Å². The smallest absolute Gasteiger partial charge is 0.339 e. The Morgan fingerprint density at radius 3 is 2.57 bits per heavy atom. The number of aromatic carboxylic acids is 1. The van der Waals surface area contributed by atoms with Crippen LogP contribution in [0.2, 0.25) is 5.02 Å². The van der Waals surface area contributed by atoms with Crippen molar-refractivity contribution in [3.63, 3.8) is 0 Å². The molecule has 2 N–H and O–H groups in total. The number of benzene rings is 2. The number of hydrogen-bond donors (Lipinski definition) is 2. The van der Waals surface area contributed by atoms with Crippen LogP contribution in [-0.4, -0.2) is 17.0 Å². The molecule has 0 saturated carbocycles. The Labute approximate surface area is 132 Å². The van der Waals surface area contributed by atoms with Gasteiger partial charge in [-0.3, -0.25) is 4.79 Å². The molecule has 0 fully saturated rings. The molecular formula is C14H8BrClFNO3. The Hall–Kier alpha value is -1.92. The van der Waals surface area contributed by atoms with Crippen molar-refractivity contribution in [2.45, 2.75) is 0 Å². The quantitative estimate of drug-likeness (QED) is 0.849. The number of carboxylic acids is 1. The number of anilines is 1. The van der Waals surface area contributed by atoms with Gasteiger partial charge in [-0.05, 0) is 30.3 Å². The van der Waals surface area contributed by atoms with Gasteiger partial charge in [0.1, 0.15) is 11.4 Å². The summed E-state index contributed by atoms with van der Waals surface area (Å²) < 4.78 is 14.2. The Bertz CT molecular complexity index is 736. The lowest BCUT2D eigenvalue weighted by atomic mass is 10.1. The van der Waals surface area contributed by atoms with Crippen LogP contribution in [0.4, 0.5) is 10.1 Å². The summed E-state index contributed by atoms with van der Waals surface area (Å²) in [4.78, 5) is 23.2. The number of amides is 1. The van der Waals surface area contributed by atoms with E-state index in [1.54, 1.807) is 0 Å². The molecule has 0 aromatic heterocycles. The summed E-state index contributed by atoms with van der Waals surface area (Å²) in [7, 11) is 0. The van der Waals surface area contributed by atoms with E-state index in [9.17, 15) is 14.0 Å². The van der Waals surface area contributed by atoms with Gasteiger partial charge in [0.25, 0.3) is 5.91 Å². The van der Waals surface area contributed by atoms with Crippen molar-refractivity contribution in [3.8, 4) is 0 Å². The molecule has 4 nitrogen and oxygen atoms in total. The molecule has 0 radical (unpaired) electrons. The van der Waals surface area contributed by atoms with E-state index in [4.69, 9.17) is 16.7 Å². The first-order valence-electron chi connectivity index (χ1n) is 5.68. The third-order valence-corrected chi connectivity index (χ3v) is 3.46. The molecule has 0 spiro atoms. The molecule has 0 atom stereocenters. The van der Waals surface area contributed by atoms with Crippen LogP contribution in [0, 0.1) is 5.82 Å². The van der Waals surface area contributed by atoms with Crippen molar-refractivity contribution >= 4 is 45.1 Å². The van der Waals surface area contributed by atoms with Crippen molar-refractivity contribution in [1.29, 1.82) is 0 Å². The topological polar surface area (TPSA) is 66.4 Å².